The van der Waals surface area contributed by atoms with Crippen molar-refractivity contribution in [3.8, 4) is 56.4 Å². The van der Waals surface area contributed by atoms with E-state index in [0.717, 1.165) is 82.3 Å². The van der Waals surface area contributed by atoms with Crippen LogP contribution in [-0.2, 0) is 0 Å². The number of hydrogen-bond acceptors (Lipinski definition) is 5. The average molecular weight is 864 g/mol. The molecular formula is C63H37N5. The molecule has 0 aliphatic heterocycles. The number of rotatable bonds is 5. The number of hydrogen-bond donors (Lipinski definition) is 0. The molecule has 0 aliphatic carbocycles. The summed E-state index contributed by atoms with van der Waals surface area (Å²) in [6, 6.07) is 76.3. The van der Waals surface area contributed by atoms with E-state index in [4.69, 9.17) is 15.0 Å². The molecule has 314 valence electrons. The van der Waals surface area contributed by atoms with E-state index >= 15 is 0 Å². The fraction of sp³-hybridized carbons (Fsp3) is 0. The van der Waals surface area contributed by atoms with Gasteiger partial charge >= 0.3 is 0 Å². The first-order chi connectivity index (χ1) is 33.6. The SMILES string of the molecule is c1ccc2cc3cc(-c4cc(-c5ccc6cc7ccccc7cc6c5)cc(-c5nc(-c6ccc7cc8ncccc8cc7c6)nc(-c6ccc7cc8ncccc8cc7c6)n5)c4)ccc3cc2c1. The van der Waals surface area contributed by atoms with Crippen molar-refractivity contribution in [2.45, 2.75) is 0 Å². The van der Waals surface area contributed by atoms with Gasteiger partial charge in [-0.15, -0.1) is 0 Å². The fourth-order valence-electron chi connectivity index (χ4n) is 10.0. The Morgan fingerprint density at radius 1 is 0.191 bits per heavy atom. The number of nitrogens with zero attached hydrogens (tertiary/aromatic N) is 5. The summed E-state index contributed by atoms with van der Waals surface area (Å²) in [6.45, 7) is 0. The number of pyridine rings is 2. The standard InChI is InChI=1S/C63H37N5/c1-3-9-40-25-52-27-44(15-13-42(52)23-38(40)7-1)56-33-57(45-16-14-43-24-39-8-2-4-10-41(39)26-53(43)28-45)35-58(34-56)63-67-61(50-19-17-46-36-59-48(11-5-21-64-59)29-54(46)31-50)66-62(68-63)51-20-18-47-37-60-49(12-6-22-65-60)30-55(47)32-51/h1-37H. The molecule has 0 atom stereocenters. The monoisotopic (exact) mass is 863 g/mol. The second-order valence-corrected chi connectivity index (χ2v) is 17.8. The van der Waals surface area contributed by atoms with E-state index in [1.165, 1.54) is 43.1 Å². The minimum atomic E-state index is 0.595. The molecule has 11 aromatic carbocycles. The topological polar surface area (TPSA) is 64.5 Å². The molecule has 14 aromatic rings. The second-order valence-electron chi connectivity index (χ2n) is 17.8. The van der Waals surface area contributed by atoms with Crippen molar-refractivity contribution in [2.75, 3.05) is 0 Å². The van der Waals surface area contributed by atoms with Gasteiger partial charge in [-0.05, 0) is 190 Å². The Labute approximate surface area is 390 Å². The van der Waals surface area contributed by atoms with Crippen LogP contribution in [0.2, 0.25) is 0 Å². The summed E-state index contributed by atoms with van der Waals surface area (Å²) in [5.74, 6) is 1.79. The third kappa shape index (κ3) is 6.68. The maximum Gasteiger partial charge on any atom is 0.164 e. The lowest BCUT2D eigenvalue weighted by Crippen LogP contribution is -2.01. The van der Waals surface area contributed by atoms with E-state index in [9.17, 15) is 0 Å². The summed E-state index contributed by atoms with van der Waals surface area (Å²) < 4.78 is 0. The van der Waals surface area contributed by atoms with Crippen molar-refractivity contribution in [3.63, 3.8) is 0 Å². The first-order valence-electron chi connectivity index (χ1n) is 22.9. The van der Waals surface area contributed by atoms with Crippen molar-refractivity contribution >= 4 is 86.4 Å². The van der Waals surface area contributed by atoms with Gasteiger partial charge in [-0.2, -0.15) is 0 Å². The highest BCUT2D eigenvalue weighted by Crippen LogP contribution is 2.38. The van der Waals surface area contributed by atoms with Gasteiger partial charge in [-0.1, -0.05) is 109 Å². The normalized spacial score (nSPS) is 11.8. The summed E-state index contributed by atoms with van der Waals surface area (Å²) in [7, 11) is 0. The largest absolute Gasteiger partial charge is 0.256 e. The van der Waals surface area contributed by atoms with Crippen molar-refractivity contribution in [2.24, 2.45) is 0 Å². The molecule has 14 rings (SSSR count). The van der Waals surface area contributed by atoms with Crippen LogP contribution in [-0.4, -0.2) is 24.9 Å². The highest BCUT2D eigenvalue weighted by atomic mass is 15.0. The van der Waals surface area contributed by atoms with Gasteiger partial charge in [0.05, 0.1) is 11.0 Å². The van der Waals surface area contributed by atoms with Gasteiger partial charge in [0.25, 0.3) is 0 Å². The minimum absolute atomic E-state index is 0.595. The van der Waals surface area contributed by atoms with Crippen molar-refractivity contribution in [3.05, 3.63) is 225 Å². The molecule has 0 N–H and O–H groups in total. The molecule has 0 saturated carbocycles. The zero-order chi connectivity index (χ0) is 44.7. The van der Waals surface area contributed by atoms with Crippen LogP contribution < -0.4 is 0 Å². The lowest BCUT2D eigenvalue weighted by atomic mass is 9.92. The van der Waals surface area contributed by atoms with Gasteiger partial charge in [0.15, 0.2) is 17.5 Å². The van der Waals surface area contributed by atoms with Crippen LogP contribution in [0.4, 0.5) is 0 Å². The van der Waals surface area contributed by atoms with Gasteiger partial charge in [0, 0.05) is 39.9 Å². The minimum Gasteiger partial charge on any atom is -0.256 e. The summed E-state index contributed by atoms with van der Waals surface area (Å²) in [4.78, 5) is 25.2. The molecule has 0 bridgehead atoms. The third-order valence-electron chi connectivity index (χ3n) is 13.5. The highest BCUT2D eigenvalue weighted by Gasteiger charge is 2.17. The molecule has 0 saturated heterocycles. The molecule has 0 amide bonds. The predicted octanol–water partition coefficient (Wildman–Crippen LogP) is 16.2. The van der Waals surface area contributed by atoms with Gasteiger partial charge in [0.1, 0.15) is 0 Å². The average Bonchev–Trinajstić information content (AvgIpc) is 3.39. The zero-order valence-electron chi connectivity index (χ0n) is 36.6. The Bertz CT molecular complexity index is 3850. The summed E-state index contributed by atoms with van der Waals surface area (Å²) in [5.41, 5.74) is 9.02. The molecule has 3 aromatic heterocycles. The molecule has 0 spiro atoms. The van der Waals surface area contributed by atoms with Crippen LogP contribution in [0, 0.1) is 0 Å². The van der Waals surface area contributed by atoms with Crippen molar-refractivity contribution in [1.29, 1.82) is 0 Å². The third-order valence-corrected chi connectivity index (χ3v) is 13.5. The van der Waals surface area contributed by atoms with Crippen molar-refractivity contribution < 1.29 is 0 Å². The summed E-state index contributed by atoms with van der Waals surface area (Å²) in [6.07, 6.45) is 3.68. The van der Waals surface area contributed by atoms with Crippen LogP contribution in [0.1, 0.15) is 0 Å². The summed E-state index contributed by atoms with van der Waals surface area (Å²) in [5, 5.41) is 16.3. The van der Waals surface area contributed by atoms with E-state index in [2.05, 4.69) is 210 Å². The van der Waals surface area contributed by atoms with E-state index < -0.39 is 0 Å². The number of benzene rings is 11. The molecular weight excluding hydrogens is 827 g/mol. The second kappa shape index (κ2) is 15.2. The number of aromatic nitrogens is 5. The van der Waals surface area contributed by atoms with Crippen LogP contribution >= 0.6 is 0 Å². The Morgan fingerprint density at radius 2 is 0.500 bits per heavy atom. The Morgan fingerprint density at radius 3 is 0.941 bits per heavy atom. The van der Waals surface area contributed by atoms with E-state index in [1.807, 2.05) is 24.5 Å². The Balaban J connectivity index is 0.989. The van der Waals surface area contributed by atoms with Gasteiger partial charge in [-0.3, -0.25) is 9.97 Å². The molecule has 68 heavy (non-hydrogen) atoms. The Kier molecular flexibility index (Phi) is 8.52. The first-order valence-corrected chi connectivity index (χ1v) is 22.9. The van der Waals surface area contributed by atoms with Crippen LogP contribution in [0.5, 0.6) is 0 Å². The number of fused-ring (bicyclic) bond motifs is 8. The van der Waals surface area contributed by atoms with Gasteiger partial charge in [0.2, 0.25) is 0 Å². The van der Waals surface area contributed by atoms with E-state index in [-0.39, 0.29) is 0 Å². The molecule has 0 fully saturated rings. The van der Waals surface area contributed by atoms with Gasteiger partial charge < -0.3 is 0 Å². The van der Waals surface area contributed by atoms with Crippen LogP contribution in [0.15, 0.2) is 225 Å². The quantitative estimate of drug-likeness (QED) is 0.161. The molecule has 3 heterocycles. The highest BCUT2D eigenvalue weighted by molar-refractivity contribution is 6.03. The van der Waals surface area contributed by atoms with Crippen LogP contribution in [0.25, 0.3) is 143 Å². The molecule has 0 radical (unpaired) electrons. The lowest BCUT2D eigenvalue weighted by molar-refractivity contribution is 1.08. The zero-order valence-corrected chi connectivity index (χ0v) is 36.6. The fourth-order valence-corrected chi connectivity index (χ4v) is 10.0. The molecule has 5 heteroatoms. The smallest absolute Gasteiger partial charge is 0.164 e. The Hall–Kier alpha value is -9.19. The molecule has 5 nitrogen and oxygen atoms in total. The maximum absolute atomic E-state index is 5.37. The van der Waals surface area contributed by atoms with E-state index in [0.29, 0.717) is 17.5 Å². The predicted molar refractivity (Wildman–Crippen MR) is 283 cm³/mol. The summed E-state index contributed by atoms with van der Waals surface area (Å²) >= 11 is 0. The lowest BCUT2D eigenvalue weighted by Gasteiger charge is -2.14. The maximum atomic E-state index is 5.37. The van der Waals surface area contributed by atoms with Gasteiger partial charge in [-0.25, -0.2) is 15.0 Å². The molecule has 0 unspecified atom stereocenters. The molecule has 0 aliphatic rings. The first kappa shape index (κ1) is 38.1. The van der Waals surface area contributed by atoms with Crippen LogP contribution in [0.3, 0.4) is 0 Å². The van der Waals surface area contributed by atoms with Crippen molar-refractivity contribution in [1.82, 2.24) is 24.9 Å². The van der Waals surface area contributed by atoms with E-state index in [1.54, 1.807) is 0 Å².